The molecule has 2 N–H and O–H groups in total. The number of pyridine rings is 1. The largest absolute Gasteiger partial charge is 0.351 e. The zero-order valence-corrected chi connectivity index (χ0v) is 15.1. The molecule has 5 nitrogen and oxygen atoms in total. The lowest BCUT2D eigenvalue weighted by Gasteiger charge is -2.07. The fourth-order valence-electron chi connectivity index (χ4n) is 2.38. The van der Waals surface area contributed by atoms with Gasteiger partial charge in [0.15, 0.2) is 0 Å². The van der Waals surface area contributed by atoms with Crippen LogP contribution in [0.2, 0.25) is 0 Å². The van der Waals surface area contributed by atoms with Crippen LogP contribution in [0, 0.1) is 0 Å². The topological polar surface area (TPSA) is 71.1 Å². The van der Waals surface area contributed by atoms with Gasteiger partial charge in [0.1, 0.15) is 11.4 Å². The molecule has 0 aromatic carbocycles. The van der Waals surface area contributed by atoms with Crippen molar-refractivity contribution in [3.63, 3.8) is 0 Å². The quantitative estimate of drug-likeness (QED) is 0.573. The highest BCUT2D eigenvalue weighted by Crippen LogP contribution is 2.02. The van der Waals surface area contributed by atoms with Gasteiger partial charge in [-0.2, -0.15) is 0 Å². The molecule has 0 aliphatic rings. The maximum atomic E-state index is 12.1. The van der Waals surface area contributed by atoms with Crippen LogP contribution >= 0.6 is 0 Å². The van der Waals surface area contributed by atoms with Crippen molar-refractivity contribution in [2.45, 2.75) is 65.2 Å². The zero-order valence-electron chi connectivity index (χ0n) is 15.1. The number of nitrogens with one attached hydrogen (secondary N) is 2. The molecule has 2 amide bonds. The first kappa shape index (κ1) is 20.1. The van der Waals surface area contributed by atoms with Crippen LogP contribution in [0.15, 0.2) is 18.2 Å². The minimum Gasteiger partial charge on any atom is -0.351 e. The van der Waals surface area contributed by atoms with Crippen LogP contribution in [-0.2, 0) is 0 Å². The van der Waals surface area contributed by atoms with E-state index in [2.05, 4.69) is 29.5 Å². The van der Waals surface area contributed by atoms with E-state index in [-0.39, 0.29) is 11.8 Å². The highest BCUT2D eigenvalue weighted by Gasteiger charge is 2.11. The number of unbranched alkanes of at least 4 members (excludes halogenated alkanes) is 6. The number of aromatic nitrogens is 1. The Bertz CT molecular complexity index is 462. The first-order valence-corrected chi connectivity index (χ1v) is 9.22. The van der Waals surface area contributed by atoms with Gasteiger partial charge in [-0.15, -0.1) is 0 Å². The Morgan fingerprint density at radius 2 is 1.25 bits per heavy atom. The lowest BCUT2D eigenvalue weighted by Crippen LogP contribution is -2.28. The van der Waals surface area contributed by atoms with E-state index in [9.17, 15) is 9.59 Å². The van der Waals surface area contributed by atoms with Crippen LogP contribution in [0.1, 0.15) is 86.2 Å². The van der Waals surface area contributed by atoms with Crippen LogP contribution in [-0.4, -0.2) is 29.9 Å². The summed E-state index contributed by atoms with van der Waals surface area (Å²) in [5.41, 5.74) is 0.591. The van der Waals surface area contributed by atoms with Crippen molar-refractivity contribution in [2.75, 3.05) is 13.1 Å². The predicted molar refractivity (Wildman–Crippen MR) is 97.2 cm³/mol. The Morgan fingerprint density at radius 3 is 1.67 bits per heavy atom. The van der Waals surface area contributed by atoms with E-state index in [1.165, 1.54) is 25.7 Å². The van der Waals surface area contributed by atoms with Crippen molar-refractivity contribution >= 4 is 11.8 Å². The minimum absolute atomic E-state index is 0.218. The van der Waals surface area contributed by atoms with Crippen molar-refractivity contribution in [2.24, 2.45) is 0 Å². The van der Waals surface area contributed by atoms with Gasteiger partial charge in [0.2, 0.25) is 0 Å². The van der Waals surface area contributed by atoms with E-state index in [4.69, 9.17) is 0 Å². The smallest absolute Gasteiger partial charge is 0.269 e. The molecule has 1 rings (SSSR count). The van der Waals surface area contributed by atoms with Gasteiger partial charge >= 0.3 is 0 Å². The van der Waals surface area contributed by atoms with Crippen molar-refractivity contribution in [3.8, 4) is 0 Å². The molecule has 0 aliphatic carbocycles. The molecule has 0 aliphatic heterocycles. The van der Waals surface area contributed by atoms with E-state index >= 15 is 0 Å². The maximum Gasteiger partial charge on any atom is 0.269 e. The summed E-state index contributed by atoms with van der Waals surface area (Å²) in [6, 6.07) is 4.98. The van der Waals surface area contributed by atoms with E-state index in [0.29, 0.717) is 24.5 Å². The predicted octanol–water partition coefficient (Wildman–Crippen LogP) is 3.70. The van der Waals surface area contributed by atoms with Crippen LogP contribution in [0.4, 0.5) is 0 Å². The molecule has 0 fully saturated rings. The average Bonchev–Trinajstić information content (AvgIpc) is 2.61. The third-order valence-corrected chi connectivity index (χ3v) is 3.85. The average molecular weight is 333 g/mol. The highest BCUT2D eigenvalue weighted by atomic mass is 16.2. The van der Waals surface area contributed by atoms with Crippen LogP contribution in [0.25, 0.3) is 0 Å². The number of rotatable bonds is 12. The van der Waals surface area contributed by atoms with Crippen molar-refractivity contribution < 1.29 is 9.59 Å². The molecule has 5 heteroatoms. The summed E-state index contributed by atoms with van der Waals surface area (Å²) < 4.78 is 0. The molecule has 24 heavy (non-hydrogen) atoms. The third kappa shape index (κ3) is 8.09. The second-order valence-corrected chi connectivity index (χ2v) is 6.04. The molecule has 0 saturated carbocycles. The number of amides is 2. The Morgan fingerprint density at radius 1 is 0.792 bits per heavy atom. The number of hydrogen-bond donors (Lipinski definition) is 2. The molecule has 0 saturated heterocycles. The summed E-state index contributed by atoms with van der Waals surface area (Å²) in [6.07, 6.45) is 8.88. The van der Waals surface area contributed by atoms with Gasteiger partial charge < -0.3 is 10.6 Å². The Kier molecular flexibility index (Phi) is 10.5. The van der Waals surface area contributed by atoms with Gasteiger partial charge in [-0.05, 0) is 25.0 Å². The molecule has 0 spiro atoms. The third-order valence-electron chi connectivity index (χ3n) is 3.85. The molecule has 0 unspecified atom stereocenters. The van der Waals surface area contributed by atoms with Gasteiger partial charge in [0.25, 0.3) is 11.8 Å². The summed E-state index contributed by atoms with van der Waals surface area (Å²) in [5.74, 6) is -0.437. The number of nitrogens with zero attached hydrogens (tertiary/aromatic N) is 1. The Balaban J connectivity index is 2.41. The summed E-state index contributed by atoms with van der Waals surface area (Å²) >= 11 is 0. The standard InChI is InChI=1S/C19H31N3O2/c1-3-5-7-9-14-20-18(23)16-12-11-13-17(22-16)19(24)21-15-10-8-6-4-2/h11-13H,3-10,14-15H2,1-2H3,(H,20,23)(H,21,24). The molecule has 1 heterocycles. The highest BCUT2D eigenvalue weighted by molar-refractivity contribution is 5.96. The van der Waals surface area contributed by atoms with E-state index in [1.807, 2.05) is 0 Å². The van der Waals surface area contributed by atoms with Crippen molar-refractivity contribution in [3.05, 3.63) is 29.6 Å². The lowest BCUT2D eigenvalue weighted by atomic mass is 10.2. The molecular weight excluding hydrogens is 302 g/mol. The molecule has 0 atom stereocenters. The number of carbonyl (C=O) groups is 2. The molecule has 134 valence electrons. The molecule has 0 radical (unpaired) electrons. The monoisotopic (exact) mass is 333 g/mol. The summed E-state index contributed by atoms with van der Waals surface area (Å²) in [4.78, 5) is 28.3. The summed E-state index contributed by atoms with van der Waals surface area (Å²) in [6.45, 7) is 5.61. The van der Waals surface area contributed by atoms with Gasteiger partial charge in [-0.3, -0.25) is 9.59 Å². The molecule has 1 aromatic rings. The van der Waals surface area contributed by atoms with Crippen LogP contribution in [0.5, 0.6) is 0 Å². The molecule has 0 bridgehead atoms. The minimum atomic E-state index is -0.218. The van der Waals surface area contributed by atoms with Gasteiger partial charge in [-0.1, -0.05) is 58.4 Å². The van der Waals surface area contributed by atoms with Gasteiger partial charge in [0.05, 0.1) is 0 Å². The fourth-order valence-corrected chi connectivity index (χ4v) is 2.38. The normalized spacial score (nSPS) is 10.4. The van der Waals surface area contributed by atoms with Crippen molar-refractivity contribution in [1.29, 1.82) is 0 Å². The Hall–Kier alpha value is -1.91. The van der Waals surface area contributed by atoms with Crippen LogP contribution < -0.4 is 10.6 Å². The summed E-state index contributed by atoms with van der Waals surface area (Å²) in [5, 5.41) is 5.71. The fraction of sp³-hybridized carbons (Fsp3) is 0.632. The SMILES string of the molecule is CCCCCCNC(=O)c1cccc(C(=O)NCCCCCC)n1. The van der Waals surface area contributed by atoms with Gasteiger partial charge in [-0.25, -0.2) is 4.98 Å². The number of hydrogen-bond acceptors (Lipinski definition) is 3. The van der Waals surface area contributed by atoms with E-state index in [0.717, 1.165) is 25.7 Å². The van der Waals surface area contributed by atoms with Crippen molar-refractivity contribution in [1.82, 2.24) is 15.6 Å². The van der Waals surface area contributed by atoms with Gasteiger partial charge in [0, 0.05) is 13.1 Å². The molecule has 1 aromatic heterocycles. The second-order valence-electron chi connectivity index (χ2n) is 6.04. The molecular formula is C19H31N3O2. The zero-order chi connectivity index (χ0) is 17.6. The first-order chi connectivity index (χ1) is 11.7. The maximum absolute atomic E-state index is 12.1. The second kappa shape index (κ2) is 12.5. The first-order valence-electron chi connectivity index (χ1n) is 9.22. The van der Waals surface area contributed by atoms with E-state index in [1.54, 1.807) is 18.2 Å². The lowest BCUT2D eigenvalue weighted by molar-refractivity contribution is 0.0943. The number of carbonyl (C=O) groups excluding carboxylic acids is 2. The van der Waals surface area contributed by atoms with E-state index < -0.39 is 0 Å². The Labute approximate surface area is 145 Å². The van der Waals surface area contributed by atoms with Crippen LogP contribution in [0.3, 0.4) is 0 Å². The summed E-state index contributed by atoms with van der Waals surface area (Å²) in [7, 11) is 0.